The van der Waals surface area contributed by atoms with Crippen LogP contribution < -0.4 is 10.7 Å². The lowest BCUT2D eigenvalue weighted by molar-refractivity contribution is -0.142. The van der Waals surface area contributed by atoms with Gasteiger partial charge in [0.05, 0.1) is 22.7 Å². The zero-order valence-electron chi connectivity index (χ0n) is 12.7. The highest BCUT2D eigenvalue weighted by atomic mass is 32.1. The van der Waals surface area contributed by atoms with Crippen LogP contribution in [-0.2, 0) is 4.79 Å². The molecule has 0 bridgehead atoms. The van der Waals surface area contributed by atoms with Gasteiger partial charge < -0.3 is 20.4 Å². The van der Waals surface area contributed by atoms with Crippen molar-refractivity contribution in [2.45, 2.75) is 6.42 Å². The molecule has 0 unspecified atom stereocenters. The molecule has 0 amide bonds. The molecule has 0 saturated carbocycles. The molecule has 1 saturated heterocycles. The van der Waals surface area contributed by atoms with E-state index in [4.69, 9.17) is 5.11 Å². The van der Waals surface area contributed by atoms with E-state index in [1.165, 1.54) is 0 Å². The summed E-state index contributed by atoms with van der Waals surface area (Å²) in [6.45, 7) is 2.07. The first-order valence-electron chi connectivity index (χ1n) is 7.64. The Kier molecular flexibility index (Phi) is 5.09. The molecule has 1 aliphatic rings. The summed E-state index contributed by atoms with van der Waals surface area (Å²) in [5.74, 6) is -0.730. The fraction of sp³-hybridized carbons (Fsp3) is 0.375. The Balaban J connectivity index is 1.52. The molecule has 2 aromatic rings. The zero-order valence-corrected chi connectivity index (χ0v) is 13.5. The summed E-state index contributed by atoms with van der Waals surface area (Å²) in [5.41, 5.74) is 4.17. The molecule has 122 valence electrons. The average Bonchev–Trinajstić information content (AvgIpc) is 3.22. The van der Waals surface area contributed by atoms with Gasteiger partial charge in [-0.15, -0.1) is 11.3 Å². The molecule has 1 fully saturated rings. The van der Waals surface area contributed by atoms with Crippen LogP contribution in [0.2, 0.25) is 0 Å². The third kappa shape index (κ3) is 4.00. The van der Waals surface area contributed by atoms with Crippen LogP contribution in [0.4, 0.5) is 0 Å². The first-order valence-corrected chi connectivity index (χ1v) is 8.52. The van der Waals surface area contributed by atoms with E-state index in [0.717, 1.165) is 17.1 Å². The Morgan fingerprint density at radius 3 is 3.09 bits per heavy atom. The summed E-state index contributed by atoms with van der Waals surface area (Å²) in [5, 5.41) is 18.6. The molecule has 2 aromatic heterocycles. The van der Waals surface area contributed by atoms with E-state index < -0.39 is 5.97 Å². The quantitative estimate of drug-likeness (QED) is 0.556. The van der Waals surface area contributed by atoms with E-state index in [2.05, 4.69) is 26.5 Å². The van der Waals surface area contributed by atoms with Gasteiger partial charge >= 0.3 is 5.97 Å². The summed E-state index contributed by atoms with van der Waals surface area (Å²) in [6, 6.07) is 6.05. The number of piperidine rings is 1. The summed E-state index contributed by atoms with van der Waals surface area (Å²) in [4.78, 5) is 12.1. The van der Waals surface area contributed by atoms with Crippen molar-refractivity contribution in [2.75, 3.05) is 19.6 Å². The zero-order chi connectivity index (χ0) is 16.1. The Morgan fingerprint density at radius 2 is 2.30 bits per heavy atom. The maximum absolute atomic E-state index is 11.0. The van der Waals surface area contributed by atoms with E-state index in [-0.39, 0.29) is 11.8 Å². The molecule has 2 atom stereocenters. The van der Waals surface area contributed by atoms with Crippen LogP contribution in [0.25, 0.3) is 5.69 Å². The number of aromatic nitrogens is 1. The van der Waals surface area contributed by atoms with E-state index in [9.17, 15) is 4.79 Å². The molecule has 1 aliphatic heterocycles. The Morgan fingerprint density at radius 1 is 1.48 bits per heavy atom. The van der Waals surface area contributed by atoms with Crippen molar-refractivity contribution in [3.05, 3.63) is 40.8 Å². The number of nitrogens with one attached hydrogen (secondary N) is 2. The van der Waals surface area contributed by atoms with Crippen molar-refractivity contribution in [3.63, 3.8) is 0 Å². The third-order valence-corrected chi connectivity index (χ3v) is 4.84. The number of thiophene rings is 1. The lowest BCUT2D eigenvalue weighted by Crippen LogP contribution is -2.42. The molecule has 6 nitrogen and oxygen atoms in total. The molecule has 3 rings (SSSR count). The number of carbonyl (C=O) groups is 1. The van der Waals surface area contributed by atoms with Gasteiger partial charge in [-0.1, -0.05) is 0 Å². The lowest BCUT2D eigenvalue weighted by Gasteiger charge is -2.27. The predicted octanol–water partition coefficient (Wildman–Crippen LogP) is 1.77. The van der Waals surface area contributed by atoms with Crippen LogP contribution in [0.1, 0.15) is 11.3 Å². The number of carboxylic acids is 1. The molecular formula is C16H20N4O2S. The summed E-state index contributed by atoms with van der Waals surface area (Å²) >= 11 is 1.64. The Hall–Kier alpha value is -2.12. The van der Waals surface area contributed by atoms with Gasteiger partial charge in [-0.3, -0.25) is 4.79 Å². The molecule has 0 radical (unpaired) electrons. The van der Waals surface area contributed by atoms with E-state index in [0.29, 0.717) is 19.5 Å². The first kappa shape index (κ1) is 15.8. The molecule has 7 heteroatoms. The van der Waals surface area contributed by atoms with Gasteiger partial charge in [0.2, 0.25) is 0 Å². The molecule has 0 aromatic carbocycles. The predicted molar refractivity (Wildman–Crippen MR) is 91.3 cm³/mol. The van der Waals surface area contributed by atoms with Crippen molar-refractivity contribution in [1.82, 2.24) is 15.3 Å². The summed E-state index contributed by atoms with van der Waals surface area (Å²) in [6.07, 6.45) is 6.53. The first-order chi connectivity index (χ1) is 11.2. The van der Waals surface area contributed by atoms with E-state index in [1.807, 2.05) is 36.1 Å². The SMILES string of the molecule is O=C(O)[C@H]1CNC[C@H](CN/N=C/c2sccc2-n2cccc2)C1. The fourth-order valence-corrected chi connectivity index (χ4v) is 3.53. The van der Waals surface area contributed by atoms with Crippen LogP contribution in [-0.4, -0.2) is 41.5 Å². The minimum Gasteiger partial charge on any atom is -0.481 e. The second-order valence-electron chi connectivity index (χ2n) is 5.68. The highest BCUT2D eigenvalue weighted by Gasteiger charge is 2.26. The largest absolute Gasteiger partial charge is 0.481 e. The lowest BCUT2D eigenvalue weighted by atomic mass is 9.91. The third-order valence-electron chi connectivity index (χ3n) is 4.00. The van der Waals surface area contributed by atoms with Crippen LogP contribution in [0.3, 0.4) is 0 Å². The van der Waals surface area contributed by atoms with Crippen molar-refractivity contribution in [1.29, 1.82) is 0 Å². The number of hydrazone groups is 1. The van der Waals surface area contributed by atoms with Crippen molar-refractivity contribution >= 4 is 23.5 Å². The van der Waals surface area contributed by atoms with Crippen LogP contribution in [0.5, 0.6) is 0 Å². The van der Waals surface area contributed by atoms with Crippen molar-refractivity contribution < 1.29 is 9.90 Å². The van der Waals surface area contributed by atoms with Gasteiger partial charge in [-0.25, -0.2) is 0 Å². The maximum atomic E-state index is 11.0. The van der Waals surface area contributed by atoms with Gasteiger partial charge in [0.15, 0.2) is 0 Å². The monoisotopic (exact) mass is 332 g/mol. The topological polar surface area (TPSA) is 78.7 Å². The van der Waals surface area contributed by atoms with Crippen LogP contribution >= 0.6 is 11.3 Å². The average molecular weight is 332 g/mol. The molecule has 23 heavy (non-hydrogen) atoms. The van der Waals surface area contributed by atoms with E-state index in [1.54, 1.807) is 11.3 Å². The van der Waals surface area contributed by atoms with E-state index >= 15 is 0 Å². The highest BCUT2D eigenvalue weighted by molar-refractivity contribution is 7.12. The molecular weight excluding hydrogens is 312 g/mol. The molecule has 0 aliphatic carbocycles. The number of aliphatic carboxylic acids is 1. The molecule has 3 N–H and O–H groups in total. The fourth-order valence-electron chi connectivity index (χ4n) is 2.78. The van der Waals surface area contributed by atoms with Gasteiger partial charge in [-0.05, 0) is 42.5 Å². The Bertz CT molecular complexity index is 665. The molecule has 3 heterocycles. The minimum absolute atomic E-state index is 0.286. The van der Waals surface area contributed by atoms with Crippen LogP contribution in [0.15, 0.2) is 41.1 Å². The second-order valence-corrected chi connectivity index (χ2v) is 6.62. The van der Waals surface area contributed by atoms with Gasteiger partial charge in [0, 0.05) is 25.5 Å². The standard InChI is InChI=1S/C16H20N4O2S/c21-16(22)13-7-12(8-17-10-13)9-18-19-11-15-14(3-6-23-15)20-4-1-2-5-20/h1-6,11-13,17-18H,7-10H2,(H,21,22)/b19-11+/t12-,13-/m1/s1. The van der Waals surface area contributed by atoms with Gasteiger partial charge in [-0.2, -0.15) is 5.10 Å². The minimum atomic E-state index is -0.722. The smallest absolute Gasteiger partial charge is 0.307 e. The maximum Gasteiger partial charge on any atom is 0.307 e. The number of hydrogen-bond donors (Lipinski definition) is 3. The van der Waals surface area contributed by atoms with Gasteiger partial charge in [0.25, 0.3) is 0 Å². The highest BCUT2D eigenvalue weighted by Crippen LogP contribution is 2.19. The summed E-state index contributed by atoms with van der Waals surface area (Å²) < 4.78 is 2.06. The van der Waals surface area contributed by atoms with Crippen LogP contribution in [0, 0.1) is 11.8 Å². The number of nitrogens with zero attached hydrogens (tertiary/aromatic N) is 2. The summed E-state index contributed by atoms with van der Waals surface area (Å²) in [7, 11) is 0. The molecule has 0 spiro atoms. The number of rotatable bonds is 6. The van der Waals surface area contributed by atoms with Gasteiger partial charge in [0.1, 0.15) is 0 Å². The van der Waals surface area contributed by atoms with Crippen molar-refractivity contribution in [3.8, 4) is 5.69 Å². The normalized spacial score (nSPS) is 21.6. The second kappa shape index (κ2) is 7.43. The van der Waals surface area contributed by atoms with Crippen molar-refractivity contribution in [2.24, 2.45) is 16.9 Å². The number of carboxylic acid groups (broad SMARTS) is 1. The Labute approximate surface area is 138 Å². The number of hydrogen-bond acceptors (Lipinski definition) is 5.